The number of imide groups is 1. The first-order valence-corrected chi connectivity index (χ1v) is 10.9. The molecule has 3 aliphatic heterocycles. The Balaban J connectivity index is 1.34. The molecule has 2 fully saturated rings. The average Bonchev–Trinajstić information content (AvgIpc) is 3.47. The molecular weight excluding hydrogens is 439 g/mol. The summed E-state index contributed by atoms with van der Waals surface area (Å²) in [5.41, 5.74) is 1.49. The maximum atomic E-state index is 13.2. The lowest BCUT2D eigenvalue weighted by molar-refractivity contribution is -0.117. The van der Waals surface area contributed by atoms with E-state index in [-0.39, 0.29) is 23.8 Å². The molecule has 0 unspecified atom stereocenters. The Bertz CT molecular complexity index is 1230. The largest absolute Gasteiger partial charge is 0.377 e. The Labute approximate surface area is 185 Å². The van der Waals surface area contributed by atoms with Crippen molar-refractivity contribution in [1.29, 1.82) is 0 Å². The number of nitrogens with zero attached hydrogens (tertiary/aromatic N) is 5. The van der Waals surface area contributed by atoms with Crippen LogP contribution in [0, 0.1) is 5.82 Å². The molecule has 12 heteroatoms. The molecular formula is C20H17FN6O4S. The minimum Gasteiger partial charge on any atom is -0.377 e. The topological polar surface area (TPSA) is 114 Å². The van der Waals surface area contributed by atoms with Gasteiger partial charge in [0.1, 0.15) is 11.9 Å². The average molecular weight is 456 g/mol. The summed E-state index contributed by atoms with van der Waals surface area (Å²) in [5, 5.41) is 7.03. The zero-order valence-corrected chi connectivity index (χ0v) is 17.6. The first kappa shape index (κ1) is 19.3. The highest BCUT2D eigenvalue weighted by Crippen LogP contribution is 2.44. The smallest absolute Gasteiger partial charge is 0.331 e. The normalized spacial score (nSPS) is 24.6. The van der Waals surface area contributed by atoms with Crippen LogP contribution in [0.1, 0.15) is 23.5 Å². The van der Waals surface area contributed by atoms with Crippen LogP contribution < -0.4 is 15.1 Å². The van der Waals surface area contributed by atoms with Gasteiger partial charge >= 0.3 is 12.0 Å². The van der Waals surface area contributed by atoms with Crippen LogP contribution in [0.5, 0.6) is 0 Å². The maximum Gasteiger partial charge on any atom is 0.331 e. The second-order valence-corrected chi connectivity index (χ2v) is 8.89. The van der Waals surface area contributed by atoms with Crippen molar-refractivity contribution in [2.45, 2.75) is 31.5 Å². The van der Waals surface area contributed by atoms with E-state index in [0.29, 0.717) is 42.2 Å². The number of hydrogen-bond donors (Lipinski definition) is 1. The summed E-state index contributed by atoms with van der Waals surface area (Å²) in [6.45, 7) is 2.48. The van der Waals surface area contributed by atoms with E-state index in [2.05, 4.69) is 20.4 Å². The molecule has 2 bridgehead atoms. The number of thiazole rings is 1. The number of fused-ring (bicyclic) bond motifs is 4. The van der Waals surface area contributed by atoms with E-state index in [4.69, 9.17) is 9.26 Å². The number of anilines is 2. The number of nitrogens with one attached hydrogen (secondary N) is 1. The molecule has 0 spiro atoms. The van der Waals surface area contributed by atoms with E-state index in [9.17, 15) is 14.0 Å². The van der Waals surface area contributed by atoms with Crippen LogP contribution in [-0.2, 0) is 16.0 Å². The van der Waals surface area contributed by atoms with Crippen molar-refractivity contribution >= 4 is 34.4 Å². The molecule has 3 amide bonds. The molecule has 5 heterocycles. The van der Waals surface area contributed by atoms with Gasteiger partial charge in [0, 0.05) is 12.0 Å². The molecule has 1 N–H and O–H groups in total. The SMILES string of the molecule is C[C@H]1NC(=O)N(c2nc3c(s2)[C@@H]2COC[C@H](C3)N2c2nc(-c3ccc(F)cc3)no2)C1=O. The van der Waals surface area contributed by atoms with Crippen molar-refractivity contribution in [2.75, 3.05) is 23.0 Å². The zero-order valence-electron chi connectivity index (χ0n) is 16.8. The molecule has 3 aliphatic rings. The van der Waals surface area contributed by atoms with Gasteiger partial charge in [-0.2, -0.15) is 4.98 Å². The van der Waals surface area contributed by atoms with E-state index >= 15 is 0 Å². The second-order valence-electron chi connectivity index (χ2n) is 7.88. The minimum atomic E-state index is -0.578. The van der Waals surface area contributed by atoms with Gasteiger partial charge in [0.2, 0.25) is 11.0 Å². The third-order valence-electron chi connectivity index (χ3n) is 5.83. The number of carbonyl (C=O) groups is 2. The van der Waals surface area contributed by atoms with Gasteiger partial charge in [-0.1, -0.05) is 16.5 Å². The Hall–Kier alpha value is -3.38. The predicted molar refractivity (Wildman–Crippen MR) is 111 cm³/mol. The lowest BCUT2D eigenvalue weighted by Crippen LogP contribution is -2.51. The van der Waals surface area contributed by atoms with E-state index < -0.39 is 12.1 Å². The Kier molecular flexibility index (Phi) is 4.27. The minimum absolute atomic E-state index is 0.0836. The molecule has 32 heavy (non-hydrogen) atoms. The highest BCUT2D eigenvalue weighted by atomic mass is 32.1. The fraction of sp³-hybridized carbons (Fsp3) is 0.350. The van der Waals surface area contributed by atoms with Crippen LogP contribution in [0.15, 0.2) is 28.8 Å². The molecule has 6 rings (SSSR count). The summed E-state index contributed by atoms with van der Waals surface area (Å²) in [6, 6.07) is 4.85. The molecule has 3 aromatic rings. The van der Waals surface area contributed by atoms with Gasteiger partial charge < -0.3 is 19.5 Å². The molecule has 3 atom stereocenters. The first-order chi connectivity index (χ1) is 15.5. The molecule has 0 aliphatic carbocycles. The summed E-state index contributed by atoms with van der Waals surface area (Å²) in [7, 11) is 0. The van der Waals surface area contributed by atoms with E-state index in [1.165, 1.54) is 23.5 Å². The second kappa shape index (κ2) is 7.07. The van der Waals surface area contributed by atoms with Gasteiger partial charge in [-0.05, 0) is 31.2 Å². The lowest BCUT2D eigenvalue weighted by Gasteiger charge is -2.43. The van der Waals surface area contributed by atoms with E-state index in [0.717, 1.165) is 15.5 Å². The highest BCUT2D eigenvalue weighted by Gasteiger charge is 2.45. The maximum absolute atomic E-state index is 13.2. The molecule has 10 nitrogen and oxygen atoms in total. The fourth-order valence-electron chi connectivity index (χ4n) is 4.28. The number of amides is 3. The van der Waals surface area contributed by atoms with Crippen molar-refractivity contribution in [3.63, 3.8) is 0 Å². The summed E-state index contributed by atoms with van der Waals surface area (Å²) in [4.78, 5) is 37.8. The molecule has 0 radical (unpaired) electrons. The summed E-state index contributed by atoms with van der Waals surface area (Å²) >= 11 is 1.29. The van der Waals surface area contributed by atoms with Gasteiger partial charge in [0.25, 0.3) is 5.91 Å². The van der Waals surface area contributed by atoms with Crippen LogP contribution in [0.4, 0.5) is 20.3 Å². The number of benzene rings is 1. The van der Waals surface area contributed by atoms with Crippen molar-refractivity contribution in [1.82, 2.24) is 20.4 Å². The van der Waals surface area contributed by atoms with Crippen LogP contribution in [0.25, 0.3) is 11.4 Å². The van der Waals surface area contributed by atoms with Gasteiger partial charge in [-0.3, -0.25) is 4.79 Å². The van der Waals surface area contributed by atoms with E-state index in [1.807, 2.05) is 4.90 Å². The van der Waals surface area contributed by atoms with Crippen molar-refractivity contribution in [3.05, 3.63) is 40.7 Å². The number of morpholine rings is 1. The van der Waals surface area contributed by atoms with Gasteiger partial charge in [0.05, 0.1) is 35.9 Å². The quantitative estimate of drug-likeness (QED) is 0.597. The standard InChI is InChI=1S/C20H17FN6O4S/c1-9-17(28)27(18(29)22-9)20-23-13-6-12-7-30-8-14(15(13)32-20)26(12)19-24-16(25-31-19)10-2-4-11(21)5-3-10/h2-5,9,12,14H,6-8H2,1H3,(H,22,29)/t9-,12+,14+/m1/s1. The van der Waals surface area contributed by atoms with Crippen LogP contribution in [-0.4, -0.2) is 52.4 Å². The van der Waals surface area contributed by atoms with E-state index in [1.54, 1.807) is 19.1 Å². The third kappa shape index (κ3) is 2.90. The fourth-order valence-corrected chi connectivity index (χ4v) is 5.46. The van der Waals surface area contributed by atoms with Gasteiger partial charge in [0.15, 0.2) is 0 Å². The van der Waals surface area contributed by atoms with Crippen molar-refractivity contribution in [3.8, 4) is 11.4 Å². The predicted octanol–water partition coefficient (Wildman–Crippen LogP) is 2.28. The summed E-state index contributed by atoms with van der Waals surface area (Å²) in [6.07, 6.45) is 0.551. The first-order valence-electron chi connectivity index (χ1n) is 10.1. The van der Waals surface area contributed by atoms with Crippen molar-refractivity contribution < 1.29 is 23.2 Å². The Morgan fingerprint density at radius 3 is 2.75 bits per heavy atom. The molecule has 2 saturated heterocycles. The Morgan fingerprint density at radius 2 is 2.00 bits per heavy atom. The highest BCUT2D eigenvalue weighted by molar-refractivity contribution is 7.16. The number of hydrogen-bond acceptors (Lipinski definition) is 9. The van der Waals surface area contributed by atoms with Gasteiger partial charge in [-0.25, -0.2) is 19.1 Å². The number of carbonyl (C=O) groups excluding carboxylic acids is 2. The number of aromatic nitrogens is 3. The molecule has 1 aromatic carbocycles. The number of rotatable bonds is 3. The van der Waals surface area contributed by atoms with Crippen molar-refractivity contribution in [2.24, 2.45) is 0 Å². The van der Waals surface area contributed by atoms with Crippen LogP contribution in [0.3, 0.4) is 0 Å². The monoisotopic (exact) mass is 456 g/mol. The molecule has 164 valence electrons. The third-order valence-corrected chi connectivity index (χ3v) is 7.01. The Morgan fingerprint density at radius 1 is 1.19 bits per heavy atom. The van der Waals surface area contributed by atoms with Crippen LogP contribution in [0.2, 0.25) is 0 Å². The lowest BCUT2D eigenvalue weighted by atomic mass is 9.97. The zero-order chi connectivity index (χ0) is 22.0. The number of urea groups is 1. The molecule has 2 aromatic heterocycles. The summed E-state index contributed by atoms with van der Waals surface area (Å²) in [5.74, 6) is -0.297. The summed E-state index contributed by atoms with van der Waals surface area (Å²) < 4.78 is 24.6. The molecule has 0 saturated carbocycles. The van der Waals surface area contributed by atoms with Crippen LogP contribution >= 0.6 is 11.3 Å². The number of halogens is 1. The number of ether oxygens (including phenoxy) is 1. The van der Waals surface area contributed by atoms with Gasteiger partial charge in [-0.15, -0.1) is 0 Å².